The zero-order valence-corrected chi connectivity index (χ0v) is 13.8. The minimum atomic E-state index is -0.272. The van der Waals surface area contributed by atoms with Crippen LogP contribution in [0.3, 0.4) is 0 Å². The Labute approximate surface area is 141 Å². The molecule has 1 heterocycles. The number of halogens is 1. The molecule has 0 aliphatic rings. The van der Waals surface area contributed by atoms with Crippen molar-refractivity contribution in [2.45, 2.75) is 26.6 Å². The van der Waals surface area contributed by atoms with Crippen LogP contribution in [0.1, 0.15) is 18.3 Å². The maximum atomic E-state index is 13.5. The maximum Gasteiger partial charge on any atom is 0.125 e. The summed E-state index contributed by atoms with van der Waals surface area (Å²) in [6.07, 6.45) is 0. The molecule has 0 aliphatic heterocycles. The lowest BCUT2D eigenvalue weighted by molar-refractivity contribution is 0.180. The normalized spacial score (nSPS) is 11.5. The van der Waals surface area contributed by atoms with Crippen LogP contribution in [-0.4, -0.2) is 32.7 Å². The van der Waals surface area contributed by atoms with Crippen molar-refractivity contribution >= 4 is 11.0 Å². The molecule has 0 aliphatic carbocycles. The highest BCUT2D eigenvalue weighted by molar-refractivity contribution is 5.76. The van der Waals surface area contributed by atoms with Crippen LogP contribution in [0.5, 0.6) is 0 Å². The van der Waals surface area contributed by atoms with E-state index in [1.807, 2.05) is 18.2 Å². The van der Waals surface area contributed by atoms with Gasteiger partial charge in [-0.1, -0.05) is 30.3 Å². The number of aliphatic hydroxyl groups excluding tert-OH is 1. The van der Waals surface area contributed by atoms with E-state index in [9.17, 15) is 9.50 Å². The van der Waals surface area contributed by atoms with Gasteiger partial charge in [-0.3, -0.25) is 4.90 Å². The number of hydrogen-bond donors (Lipinski definition) is 1. The first-order valence-corrected chi connectivity index (χ1v) is 8.23. The van der Waals surface area contributed by atoms with Crippen molar-refractivity contribution in [1.29, 1.82) is 0 Å². The van der Waals surface area contributed by atoms with E-state index in [2.05, 4.69) is 33.5 Å². The Morgan fingerprint density at radius 2 is 1.92 bits per heavy atom. The highest BCUT2D eigenvalue weighted by Crippen LogP contribution is 2.19. The Morgan fingerprint density at radius 3 is 2.62 bits per heavy atom. The van der Waals surface area contributed by atoms with Crippen LogP contribution in [0.15, 0.2) is 48.5 Å². The van der Waals surface area contributed by atoms with Crippen LogP contribution in [0.2, 0.25) is 0 Å². The van der Waals surface area contributed by atoms with Gasteiger partial charge >= 0.3 is 0 Å². The zero-order valence-electron chi connectivity index (χ0n) is 13.8. The van der Waals surface area contributed by atoms with E-state index in [4.69, 9.17) is 0 Å². The van der Waals surface area contributed by atoms with Crippen LogP contribution < -0.4 is 0 Å². The number of imidazole rings is 1. The second-order valence-corrected chi connectivity index (χ2v) is 5.83. The first-order valence-electron chi connectivity index (χ1n) is 8.23. The number of aryl methyl sites for hydroxylation is 1. The number of benzene rings is 2. The van der Waals surface area contributed by atoms with Gasteiger partial charge in [0.05, 0.1) is 24.2 Å². The third-order valence-corrected chi connectivity index (χ3v) is 4.14. The lowest BCUT2D eigenvalue weighted by Gasteiger charge is -2.21. The van der Waals surface area contributed by atoms with Crippen molar-refractivity contribution in [2.24, 2.45) is 0 Å². The second kappa shape index (κ2) is 7.55. The van der Waals surface area contributed by atoms with E-state index < -0.39 is 0 Å². The van der Waals surface area contributed by atoms with Crippen LogP contribution in [0.25, 0.3) is 11.0 Å². The third kappa shape index (κ3) is 3.63. The summed E-state index contributed by atoms with van der Waals surface area (Å²) in [5.41, 5.74) is 2.81. The summed E-state index contributed by atoms with van der Waals surface area (Å²) in [6.45, 7) is 4.84. The SMILES string of the molecule is CCn1c(CN(CCO)Cc2ccccc2)nc2cc(F)ccc21. The molecule has 0 atom stereocenters. The van der Waals surface area contributed by atoms with Gasteiger partial charge in [-0.25, -0.2) is 9.37 Å². The summed E-state index contributed by atoms with van der Waals surface area (Å²) < 4.78 is 15.6. The fourth-order valence-electron chi connectivity index (χ4n) is 3.02. The van der Waals surface area contributed by atoms with Crippen LogP contribution >= 0.6 is 0 Å². The van der Waals surface area contributed by atoms with Crippen LogP contribution in [0, 0.1) is 5.82 Å². The fraction of sp³-hybridized carbons (Fsp3) is 0.316. The lowest BCUT2D eigenvalue weighted by atomic mass is 10.2. The molecule has 0 amide bonds. The molecule has 5 heteroatoms. The molecule has 0 saturated carbocycles. The minimum Gasteiger partial charge on any atom is -0.395 e. The molecule has 0 spiro atoms. The lowest BCUT2D eigenvalue weighted by Crippen LogP contribution is -2.27. The summed E-state index contributed by atoms with van der Waals surface area (Å²) in [6, 6.07) is 14.9. The molecule has 126 valence electrons. The van der Waals surface area contributed by atoms with Gasteiger partial charge in [-0.15, -0.1) is 0 Å². The van der Waals surface area contributed by atoms with Gasteiger partial charge in [0.1, 0.15) is 11.6 Å². The minimum absolute atomic E-state index is 0.0911. The predicted octanol–water partition coefficient (Wildman–Crippen LogP) is 3.19. The summed E-state index contributed by atoms with van der Waals surface area (Å²) in [5, 5.41) is 9.38. The first-order chi connectivity index (χ1) is 11.7. The Bertz CT molecular complexity index is 801. The molecule has 0 bridgehead atoms. The topological polar surface area (TPSA) is 41.3 Å². The highest BCUT2D eigenvalue weighted by atomic mass is 19.1. The molecule has 0 unspecified atom stereocenters. The Balaban J connectivity index is 1.87. The number of aromatic nitrogens is 2. The summed E-state index contributed by atoms with van der Waals surface area (Å²) >= 11 is 0. The Kier molecular flexibility index (Phi) is 5.23. The van der Waals surface area contributed by atoms with Crippen LogP contribution in [-0.2, 0) is 19.6 Å². The molecule has 0 radical (unpaired) electrons. The predicted molar refractivity (Wildman–Crippen MR) is 93.0 cm³/mol. The molecule has 2 aromatic carbocycles. The number of hydrogen-bond acceptors (Lipinski definition) is 3. The van der Waals surface area contributed by atoms with E-state index in [1.165, 1.54) is 17.7 Å². The number of fused-ring (bicyclic) bond motifs is 1. The molecule has 3 rings (SSSR count). The van der Waals surface area contributed by atoms with E-state index in [0.717, 1.165) is 24.4 Å². The van der Waals surface area contributed by atoms with Crippen LogP contribution in [0.4, 0.5) is 4.39 Å². The quantitative estimate of drug-likeness (QED) is 0.724. The summed E-state index contributed by atoms with van der Waals surface area (Å²) in [7, 11) is 0. The second-order valence-electron chi connectivity index (χ2n) is 5.83. The van der Waals surface area contributed by atoms with Crippen molar-refractivity contribution in [2.75, 3.05) is 13.2 Å². The van der Waals surface area contributed by atoms with E-state index in [0.29, 0.717) is 18.6 Å². The monoisotopic (exact) mass is 327 g/mol. The molecule has 24 heavy (non-hydrogen) atoms. The van der Waals surface area contributed by atoms with Crippen molar-refractivity contribution in [1.82, 2.24) is 14.5 Å². The summed E-state index contributed by atoms with van der Waals surface area (Å²) in [4.78, 5) is 6.76. The van der Waals surface area contributed by atoms with E-state index >= 15 is 0 Å². The third-order valence-electron chi connectivity index (χ3n) is 4.14. The molecule has 3 aromatic rings. The average Bonchev–Trinajstić information content (AvgIpc) is 2.92. The summed E-state index contributed by atoms with van der Waals surface area (Å²) in [5.74, 6) is 0.619. The van der Waals surface area contributed by atoms with Gasteiger partial charge in [-0.2, -0.15) is 0 Å². The Hall–Kier alpha value is -2.24. The zero-order chi connectivity index (χ0) is 16.9. The van der Waals surface area contributed by atoms with Gasteiger partial charge < -0.3 is 9.67 Å². The molecule has 4 nitrogen and oxygen atoms in total. The number of rotatable bonds is 7. The van der Waals surface area contributed by atoms with Crippen molar-refractivity contribution in [3.8, 4) is 0 Å². The van der Waals surface area contributed by atoms with Crippen molar-refractivity contribution in [3.05, 3.63) is 65.7 Å². The van der Waals surface area contributed by atoms with Crippen molar-refractivity contribution < 1.29 is 9.50 Å². The molecule has 1 aromatic heterocycles. The molecular weight excluding hydrogens is 305 g/mol. The van der Waals surface area contributed by atoms with Gasteiger partial charge in [0, 0.05) is 25.7 Å². The first kappa shape index (κ1) is 16.6. The van der Waals surface area contributed by atoms with Gasteiger partial charge in [0.2, 0.25) is 0 Å². The maximum absolute atomic E-state index is 13.5. The van der Waals surface area contributed by atoms with Gasteiger partial charge in [0.25, 0.3) is 0 Å². The number of aliphatic hydroxyl groups is 1. The Morgan fingerprint density at radius 1 is 1.12 bits per heavy atom. The molecule has 1 N–H and O–H groups in total. The van der Waals surface area contributed by atoms with Crippen molar-refractivity contribution in [3.63, 3.8) is 0 Å². The molecule has 0 saturated heterocycles. The highest BCUT2D eigenvalue weighted by Gasteiger charge is 2.14. The van der Waals surface area contributed by atoms with Gasteiger partial charge in [-0.05, 0) is 24.6 Å². The van der Waals surface area contributed by atoms with Gasteiger partial charge in [0.15, 0.2) is 0 Å². The molecular formula is C19H22FN3O. The molecule has 0 fully saturated rings. The standard InChI is InChI=1S/C19H22FN3O/c1-2-23-18-9-8-16(20)12-17(18)21-19(23)14-22(10-11-24)13-15-6-4-3-5-7-15/h3-9,12,24H,2,10-11,13-14H2,1H3. The van der Waals surface area contributed by atoms with E-state index in [1.54, 1.807) is 6.07 Å². The smallest absolute Gasteiger partial charge is 0.125 e. The fourth-order valence-corrected chi connectivity index (χ4v) is 3.02. The average molecular weight is 327 g/mol. The van der Waals surface area contributed by atoms with E-state index in [-0.39, 0.29) is 12.4 Å². The largest absolute Gasteiger partial charge is 0.395 e. The number of nitrogens with zero attached hydrogens (tertiary/aromatic N) is 3.